The van der Waals surface area contributed by atoms with Gasteiger partial charge in [0.15, 0.2) is 0 Å². The van der Waals surface area contributed by atoms with E-state index in [2.05, 4.69) is 30.3 Å². The van der Waals surface area contributed by atoms with Gasteiger partial charge in [-0.2, -0.15) is 0 Å². The van der Waals surface area contributed by atoms with E-state index in [1.54, 1.807) is 0 Å². The van der Waals surface area contributed by atoms with Gasteiger partial charge in [0, 0.05) is 20.1 Å². The molecule has 1 aliphatic rings. The highest BCUT2D eigenvalue weighted by Gasteiger charge is 2.69. The monoisotopic (exact) mass is 352 g/mol. The largest absolute Gasteiger partial charge is 0.341 e. The molecule has 4 heteroatoms. The van der Waals surface area contributed by atoms with Crippen molar-refractivity contribution in [2.45, 2.75) is 17.5 Å². The Balaban J connectivity index is 1.90. The smallest absolute Gasteiger partial charge is 0.311 e. The van der Waals surface area contributed by atoms with Gasteiger partial charge in [0.05, 0.1) is 0 Å². The molecule has 4 rings (SSSR count). The molecule has 1 fully saturated rings. The molecular formula is C21H21O3P. The van der Waals surface area contributed by atoms with E-state index < -0.39 is 12.8 Å². The Kier molecular flexibility index (Phi) is 4.04. The summed E-state index contributed by atoms with van der Waals surface area (Å²) in [5, 5.41) is 1.77. The van der Waals surface area contributed by atoms with Gasteiger partial charge >= 0.3 is 7.60 Å². The predicted molar refractivity (Wildman–Crippen MR) is 101 cm³/mol. The maximum Gasteiger partial charge on any atom is 0.341 e. The van der Waals surface area contributed by atoms with E-state index in [9.17, 15) is 4.57 Å². The number of benzene rings is 3. The Bertz CT molecular complexity index is 940. The van der Waals surface area contributed by atoms with Crippen molar-refractivity contribution in [1.82, 2.24) is 0 Å². The Morgan fingerprint density at radius 1 is 0.880 bits per heavy atom. The molecule has 0 spiro atoms. The van der Waals surface area contributed by atoms with Crippen molar-refractivity contribution < 1.29 is 13.6 Å². The highest BCUT2D eigenvalue weighted by Crippen LogP contribution is 2.81. The van der Waals surface area contributed by atoms with Crippen molar-refractivity contribution in [3.8, 4) is 0 Å². The number of hydrogen-bond acceptors (Lipinski definition) is 3. The van der Waals surface area contributed by atoms with E-state index in [0.29, 0.717) is 0 Å². The van der Waals surface area contributed by atoms with E-state index in [4.69, 9.17) is 9.05 Å². The minimum atomic E-state index is -3.29. The third kappa shape index (κ3) is 2.38. The summed E-state index contributed by atoms with van der Waals surface area (Å²) in [6.07, 6.45) is 0.754. The van der Waals surface area contributed by atoms with Crippen LogP contribution >= 0.6 is 7.60 Å². The summed E-state index contributed by atoms with van der Waals surface area (Å²) in [5.74, 6) is 0.103. The van der Waals surface area contributed by atoms with Crippen molar-refractivity contribution in [1.29, 1.82) is 0 Å². The molecular weight excluding hydrogens is 331 g/mol. The van der Waals surface area contributed by atoms with Gasteiger partial charge in [0.1, 0.15) is 5.16 Å². The molecule has 0 aliphatic heterocycles. The lowest BCUT2D eigenvalue weighted by molar-refractivity contribution is 0.261. The van der Waals surface area contributed by atoms with Gasteiger partial charge in [-0.15, -0.1) is 0 Å². The van der Waals surface area contributed by atoms with Crippen LogP contribution in [-0.2, 0) is 18.8 Å². The highest BCUT2D eigenvalue weighted by molar-refractivity contribution is 7.55. The van der Waals surface area contributed by atoms with Gasteiger partial charge in [-0.05, 0) is 28.3 Å². The van der Waals surface area contributed by atoms with E-state index in [1.807, 2.05) is 42.5 Å². The average Bonchev–Trinajstić information content (AvgIpc) is 3.45. The van der Waals surface area contributed by atoms with Crippen LogP contribution in [0.5, 0.6) is 0 Å². The van der Waals surface area contributed by atoms with Crippen LogP contribution in [0.1, 0.15) is 23.5 Å². The summed E-state index contributed by atoms with van der Waals surface area (Å²) < 4.78 is 24.4. The Morgan fingerprint density at radius 3 is 2.24 bits per heavy atom. The van der Waals surface area contributed by atoms with Gasteiger partial charge in [0.2, 0.25) is 0 Å². The van der Waals surface area contributed by atoms with Crippen molar-refractivity contribution in [3.63, 3.8) is 0 Å². The van der Waals surface area contributed by atoms with E-state index in [0.717, 1.165) is 12.0 Å². The molecule has 3 aromatic carbocycles. The molecule has 1 saturated carbocycles. The third-order valence-corrected chi connectivity index (χ3v) is 8.06. The lowest BCUT2D eigenvalue weighted by Gasteiger charge is -2.26. The molecule has 0 heterocycles. The summed E-state index contributed by atoms with van der Waals surface area (Å²) in [5.41, 5.74) is 2.22. The number of rotatable bonds is 5. The fraction of sp³-hybridized carbons (Fsp3) is 0.238. The Morgan fingerprint density at radius 2 is 1.52 bits per heavy atom. The fourth-order valence-corrected chi connectivity index (χ4v) is 6.27. The second-order valence-electron chi connectivity index (χ2n) is 6.48. The quantitative estimate of drug-likeness (QED) is 0.552. The first kappa shape index (κ1) is 16.5. The summed E-state index contributed by atoms with van der Waals surface area (Å²) in [7, 11) is -0.335. The van der Waals surface area contributed by atoms with Crippen molar-refractivity contribution >= 4 is 18.4 Å². The fourth-order valence-electron chi connectivity index (χ4n) is 4.08. The molecule has 0 unspecified atom stereocenters. The van der Waals surface area contributed by atoms with Crippen LogP contribution in [-0.4, -0.2) is 14.2 Å². The van der Waals surface area contributed by atoms with Crippen molar-refractivity contribution in [3.05, 3.63) is 83.9 Å². The molecule has 0 N–H and O–H groups in total. The first-order valence-corrected chi connectivity index (χ1v) is 9.95. The minimum absolute atomic E-state index is 0.103. The molecule has 0 saturated heterocycles. The van der Waals surface area contributed by atoms with Crippen LogP contribution in [0.3, 0.4) is 0 Å². The van der Waals surface area contributed by atoms with Crippen LogP contribution in [0.4, 0.5) is 0 Å². The number of hydrogen-bond donors (Lipinski definition) is 0. The summed E-state index contributed by atoms with van der Waals surface area (Å²) >= 11 is 0. The molecule has 0 bridgehead atoms. The molecule has 1 aliphatic carbocycles. The first-order chi connectivity index (χ1) is 12.2. The topological polar surface area (TPSA) is 35.5 Å². The number of fused-ring (bicyclic) bond motifs is 1. The summed E-state index contributed by atoms with van der Waals surface area (Å²) in [6, 6.07) is 24.6. The first-order valence-electron chi connectivity index (χ1n) is 8.41. The van der Waals surface area contributed by atoms with Gasteiger partial charge in [-0.1, -0.05) is 72.8 Å². The van der Waals surface area contributed by atoms with Gasteiger partial charge < -0.3 is 9.05 Å². The maximum absolute atomic E-state index is 13.5. The highest BCUT2D eigenvalue weighted by atomic mass is 31.2. The van der Waals surface area contributed by atoms with Crippen LogP contribution in [0, 0.1) is 0 Å². The van der Waals surface area contributed by atoms with Gasteiger partial charge in [-0.25, -0.2) is 0 Å². The molecule has 0 amide bonds. The predicted octanol–water partition coefficient (Wildman–Crippen LogP) is 5.71. The van der Waals surface area contributed by atoms with Crippen LogP contribution in [0.2, 0.25) is 0 Å². The Hall–Kier alpha value is -1.93. The molecule has 128 valence electrons. The van der Waals surface area contributed by atoms with E-state index in [-0.39, 0.29) is 5.92 Å². The van der Waals surface area contributed by atoms with Crippen LogP contribution in [0.25, 0.3) is 10.8 Å². The molecule has 25 heavy (non-hydrogen) atoms. The zero-order valence-electron chi connectivity index (χ0n) is 14.4. The van der Waals surface area contributed by atoms with Crippen molar-refractivity contribution in [2.75, 3.05) is 14.2 Å². The minimum Gasteiger partial charge on any atom is -0.311 e. The zero-order valence-corrected chi connectivity index (χ0v) is 15.3. The molecule has 0 radical (unpaired) electrons. The molecule has 3 nitrogen and oxygen atoms in total. The summed E-state index contributed by atoms with van der Waals surface area (Å²) in [6.45, 7) is 0. The third-order valence-electron chi connectivity index (χ3n) is 5.37. The van der Waals surface area contributed by atoms with E-state index >= 15 is 0 Å². The Labute approximate surface area is 148 Å². The van der Waals surface area contributed by atoms with Gasteiger partial charge in [-0.3, -0.25) is 4.57 Å². The van der Waals surface area contributed by atoms with E-state index in [1.165, 1.54) is 30.6 Å². The molecule has 0 aromatic heterocycles. The second kappa shape index (κ2) is 6.10. The van der Waals surface area contributed by atoms with Crippen LogP contribution < -0.4 is 0 Å². The summed E-state index contributed by atoms with van der Waals surface area (Å²) in [4.78, 5) is 0. The normalized spacial score (nSPS) is 22.9. The molecule has 3 aromatic rings. The molecule has 2 atom stereocenters. The lowest BCUT2D eigenvalue weighted by atomic mass is 9.98. The van der Waals surface area contributed by atoms with Crippen LogP contribution in [0.15, 0.2) is 72.8 Å². The average molecular weight is 352 g/mol. The SMILES string of the molecule is COP(=O)(OC)[C@@]1(c2ccccc2)C[C@@H]1c1cccc2ccccc12. The van der Waals surface area contributed by atoms with Gasteiger partial charge in [0.25, 0.3) is 0 Å². The maximum atomic E-state index is 13.5. The standard InChI is InChI=1S/C21H21O3P/c1-23-25(22,24-2)21(17-11-4-3-5-12-17)15-20(21)19-14-8-10-16-9-6-7-13-18(16)19/h3-14,20H,15H2,1-2H3/t20-,21-/m1/s1. The van der Waals surface area contributed by atoms with Crippen molar-refractivity contribution in [2.24, 2.45) is 0 Å². The lowest BCUT2D eigenvalue weighted by Crippen LogP contribution is -2.13. The second-order valence-corrected chi connectivity index (χ2v) is 9.00. The zero-order chi connectivity index (χ0) is 17.5.